The van der Waals surface area contributed by atoms with Crippen LogP contribution in [0.15, 0.2) is 83.0 Å². The number of nitrogens with two attached hydrogens (primary N) is 2. The van der Waals surface area contributed by atoms with Gasteiger partial charge in [0.2, 0.25) is 5.96 Å². The SMILES string of the molecule is NC(N)=NN=C(c1ccccc1)c1ccc2ccccc2c1. The fourth-order valence-electron chi connectivity index (χ4n) is 2.32. The minimum Gasteiger partial charge on any atom is -0.369 e. The monoisotopic (exact) mass is 288 g/mol. The van der Waals surface area contributed by atoms with Crippen LogP contribution in [0.25, 0.3) is 10.8 Å². The van der Waals surface area contributed by atoms with Crippen molar-refractivity contribution in [2.24, 2.45) is 21.7 Å². The molecule has 0 spiro atoms. The van der Waals surface area contributed by atoms with Crippen molar-refractivity contribution >= 4 is 22.4 Å². The summed E-state index contributed by atoms with van der Waals surface area (Å²) in [6, 6.07) is 24.2. The predicted molar refractivity (Wildman–Crippen MR) is 91.8 cm³/mol. The maximum atomic E-state index is 5.41. The summed E-state index contributed by atoms with van der Waals surface area (Å²) in [7, 11) is 0. The number of hydrogen-bond donors (Lipinski definition) is 2. The number of fused-ring (bicyclic) bond motifs is 1. The molecule has 3 aromatic rings. The highest BCUT2D eigenvalue weighted by molar-refractivity contribution is 6.14. The highest BCUT2D eigenvalue weighted by atomic mass is 15.3. The van der Waals surface area contributed by atoms with Crippen LogP contribution >= 0.6 is 0 Å². The van der Waals surface area contributed by atoms with Crippen LogP contribution in [0.5, 0.6) is 0 Å². The molecule has 0 bridgehead atoms. The lowest BCUT2D eigenvalue weighted by Gasteiger charge is -2.07. The molecule has 0 radical (unpaired) electrons. The van der Waals surface area contributed by atoms with Crippen LogP contribution in [0.2, 0.25) is 0 Å². The molecule has 0 atom stereocenters. The van der Waals surface area contributed by atoms with Crippen molar-refractivity contribution in [1.82, 2.24) is 0 Å². The molecule has 0 aromatic heterocycles. The van der Waals surface area contributed by atoms with E-state index in [1.807, 2.05) is 48.5 Å². The Balaban J connectivity index is 2.15. The zero-order valence-electron chi connectivity index (χ0n) is 12.0. The topological polar surface area (TPSA) is 76.8 Å². The van der Waals surface area contributed by atoms with Crippen LogP contribution in [0.4, 0.5) is 0 Å². The molecule has 3 aromatic carbocycles. The number of nitrogens with zero attached hydrogens (tertiary/aromatic N) is 2. The summed E-state index contributed by atoms with van der Waals surface area (Å²) in [5.41, 5.74) is 13.5. The van der Waals surface area contributed by atoms with Gasteiger partial charge in [-0.2, -0.15) is 0 Å². The summed E-state index contributed by atoms with van der Waals surface area (Å²) in [5, 5.41) is 10.4. The third-order valence-corrected chi connectivity index (χ3v) is 3.34. The molecule has 0 saturated heterocycles. The average molecular weight is 288 g/mol. The number of hydrogen-bond acceptors (Lipinski definition) is 2. The molecule has 0 saturated carbocycles. The molecule has 0 unspecified atom stereocenters. The third-order valence-electron chi connectivity index (χ3n) is 3.34. The fraction of sp³-hybridized carbons (Fsp3) is 0. The van der Waals surface area contributed by atoms with E-state index in [1.165, 1.54) is 5.39 Å². The molecule has 0 amide bonds. The molecule has 0 fully saturated rings. The molecule has 0 heterocycles. The molecular weight excluding hydrogens is 272 g/mol. The Bertz CT molecular complexity index is 847. The van der Waals surface area contributed by atoms with Gasteiger partial charge in [0, 0.05) is 11.1 Å². The van der Waals surface area contributed by atoms with E-state index in [0.717, 1.165) is 22.2 Å². The van der Waals surface area contributed by atoms with Gasteiger partial charge in [0.15, 0.2) is 0 Å². The van der Waals surface area contributed by atoms with E-state index in [2.05, 4.69) is 34.5 Å². The van der Waals surface area contributed by atoms with Crippen LogP contribution in [0.1, 0.15) is 11.1 Å². The second-order valence-electron chi connectivity index (χ2n) is 4.90. The van der Waals surface area contributed by atoms with Gasteiger partial charge in [0.1, 0.15) is 5.71 Å². The van der Waals surface area contributed by atoms with E-state index >= 15 is 0 Å². The summed E-state index contributed by atoms with van der Waals surface area (Å²) >= 11 is 0. The predicted octanol–water partition coefficient (Wildman–Crippen LogP) is 2.87. The van der Waals surface area contributed by atoms with Crippen LogP contribution in [0, 0.1) is 0 Å². The van der Waals surface area contributed by atoms with Gasteiger partial charge in [-0.05, 0) is 16.8 Å². The number of rotatable bonds is 3. The summed E-state index contributed by atoms with van der Waals surface area (Å²) in [6.07, 6.45) is 0. The van der Waals surface area contributed by atoms with Gasteiger partial charge >= 0.3 is 0 Å². The minimum absolute atomic E-state index is 0.0609. The van der Waals surface area contributed by atoms with Crippen molar-refractivity contribution in [3.63, 3.8) is 0 Å². The first kappa shape index (κ1) is 13.8. The Morgan fingerprint density at radius 2 is 1.32 bits per heavy atom. The summed E-state index contributed by atoms with van der Waals surface area (Å²) in [4.78, 5) is 0. The Kier molecular flexibility index (Phi) is 3.83. The zero-order chi connectivity index (χ0) is 15.4. The van der Waals surface area contributed by atoms with Crippen LogP contribution in [0.3, 0.4) is 0 Å². The smallest absolute Gasteiger partial charge is 0.211 e. The molecule has 108 valence electrons. The van der Waals surface area contributed by atoms with Gasteiger partial charge in [0.25, 0.3) is 0 Å². The van der Waals surface area contributed by atoms with E-state index in [9.17, 15) is 0 Å². The van der Waals surface area contributed by atoms with Gasteiger partial charge in [-0.3, -0.25) is 0 Å². The Morgan fingerprint density at radius 3 is 2.05 bits per heavy atom. The first-order valence-electron chi connectivity index (χ1n) is 6.95. The molecule has 4 nitrogen and oxygen atoms in total. The summed E-state index contributed by atoms with van der Waals surface area (Å²) < 4.78 is 0. The maximum Gasteiger partial charge on any atom is 0.211 e. The lowest BCUT2D eigenvalue weighted by Crippen LogP contribution is -2.22. The van der Waals surface area contributed by atoms with Crippen LogP contribution < -0.4 is 11.5 Å². The van der Waals surface area contributed by atoms with Crippen molar-refractivity contribution in [1.29, 1.82) is 0 Å². The van der Waals surface area contributed by atoms with Gasteiger partial charge in [-0.25, -0.2) is 0 Å². The lowest BCUT2D eigenvalue weighted by molar-refractivity contribution is 1.20. The Labute approximate surface area is 128 Å². The molecule has 4 heteroatoms. The molecule has 3 rings (SSSR count). The lowest BCUT2D eigenvalue weighted by atomic mass is 9.99. The van der Waals surface area contributed by atoms with E-state index in [1.54, 1.807) is 0 Å². The highest BCUT2D eigenvalue weighted by Crippen LogP contribution is 2.19. The highest BCUT2D eigenvalue weighted by Gasteiger charge is 2.07. The second-order valence-corrected chi connectivity index (χ2v) is 4.90. The number of guanidine groups is 1. The summed E-state index contributed by atoms with van der Waals surface area (Å²) in [6.45, 7) is 0. The third kappa shape index (κ3) is 2.96. The first-order chi connectivity index (χ1) is 10.7. The van der Waals surface area contributed by atoms with E-state index < -0.39 is 0 Å². The van der Waals surface area contributed by atoms with Crippen molar-refractivity contribution in [3.05, 3.63) is 83.9 Å². The standard InChI is InChI=1S/C18H16N4/c19-18(20)22-21-17(14-7-2-1-3-8-14)16-11-10-13-6-4-5-9-15(13)12-16/h1-12H,(H4,19,20,22). The quantitative estimate of drug-likeness (QED) is 0.441. The molecule has 0 aliphatic heterocycles. The zero-order valence-corrected chi connectivity index (χ0v) is 12.0. The van der Waals surface area contributed by atoms with E-state index in [4.69, 9.17) is 11.5 Å². The van der Waals surface area contributed by atoms with Crippen LogP contribution in [-0.2, 0) is 0 Å². The molecule has 22 heavy (non-hydrogen) atoms. The van der Waals surface area contributed by atoms with Crippen molar-refractivity contribution in [2.75, 3.05) is 0 Å². The number of benzene rings is 3. The maximum absolute atomic E-state index is 5.41. The largest absolute Gasteiger partial charge is 0.369 e. The minimum atomic E-state index is -0.0609. The van der Waals surface area contributed by atoms with E-state index in [0.29, 0.717) is 0 Å². The average Bonchev–Trinajstić information content (AvgIpc) is 2.55. The van der Waals surface area contributed by atoms with E-state index in [-0.39, 0.29) is 5.96 Å². The van der Waals surface area contributed by atoms with Crippen LogP contribution in [-0.4, -0.2) is 11.7 Å². The van der Waals surface area contributed by atoms with Crippen molar-refractivity contribution < 1.29 is 0 Å². The van der Waals surface area contributed by atoms with Gasteiger partial charge in [-0.15, -0.1) is 10.2 Å². The molecule has 4 N–H and O–H groups in total. The first-order valence-corrected chi connectivity index (χ1v) is 6.95. The molecule has 0 aliphatic rings. The fourth-order valence-corrected chi connectivity index (χ4v) is 2.32. The van der Waals surface area contributed by atoms with Gasteiger partial charge < -0.3 is 11.5 Å². The van der Waals surface area contributed by atoms with Crippen molar-refractivity contribution in [3.8, 4) is 0 Å². The Morgan fingerprint density at radius 1 is 0.636 bits per heavy atom. The second kappa shape index (κ2) is 6.10. The molecule has 0 aliphatic carbocycles. The summed E-state index contributed by atoms with van der Waals surface area (Å²) in [5.74, 6) is -0.0609. The van der Waals surface area contributed by atoms with Gasteiger partial charge in [0.05, 0.1) is 0 Å². The van der Waals surface area contributed by atoms with Gasteiger partial charge in [-0.1, -0.05) is 66.7 Å². The molecular formula is C18H16N4. The normalized spacial score (nSPS) is 11.4. The van der Waals surface area contributed by atoms with Crippen molar-refractivity contribution in [2.45, 2.75) is 0 Å². The Hall–Kier alpha value is -3.14.